The number of methoxy groups -OCH3 is 1. The Morgan fingerprint density at radius 2 is 2.12 bits per heavy atom. The number of hydrogen-bond acceptors (Lipinski definition) is 3. The van der Waals surface area contributed by atoms with Crippen molar-refractivity contribution in [1.82, 2.24) is 0 Å². The predicted octanol–water partition coefficient (Wildman–Crippen LogP) is 2.97. The van der Waals surface area contributed by atoms with Crippen molar-refractivity contribution in [2.75, 3.05) is 7.11 Å². The molecule has 0 radical (unpaired) electrons. The Bertz CT molecular complexity index is 558. The van der Waals surface area contributed by atoms with Crippen LogP contribution < -0.4 is 4.74 Å². The van der Waals surface area contributed by atoms with Crippen molar-refractivity contribution >= 4 is 5.78 Å². The first-order valence-electron chi connectivity index (χ1n) is 5.06. The van der Waals surface area contributed by atoms with E-state index in [1.54, 1.807) is 19.1 Å². The molecule has 0 aliphatic heterocycles. The van der Waals surface area contributed by atoms with Crippen LogP contribution in [0.25, 0.3) is 0 Å². The van der Waals surface area contributed by atoms with Crippen LogP contribution in [0.3, 0.4) is 0 Å². The van der Waals surface area contributed by atoms with Gasteiger partial charge in [-0.2, -0.15) is 0 Å². The molecule has 17 heavy (non-hydrogen) atoms. The lowest BCUT2D eigenvalue weighted by Gasteiger charge is -2.05. The Kier molecular flexibility index (Phi) is 2.95. The first kappa shape index (κ1) is 11.4. The standard InChI is InChI=1S/C13H11FO3/c1-8-6-7-17-13(8)12(15)9-4-3-5-10(16-2)11(9)14/h3-7H,1-2H3. The van der Waals surface area contributed by atoms with E-state index < -0.39 is 11.6 Å². The van der Waals surface area contributed by atoms with Crippen LogP contribution in [-0.4, -0.2) is 12.9 Å². The maximum absolute atomic E-state index is 13.9. The van der Waals surface area contributed by atoms with E-state index in [1.807, 2.05) is 0 Å². The van der Waals surface area contributed by atoms with E-state index in [2.05, 4.69) is 0 Å². The molecule has 1 aromatic heterocycles. The Morgan fingerprint density at radius 3 is 2.71 bits per heavy atom. The molecule has 1 heterocycles. The normalized spacial score (nSPS) is 10.3. The third-order valence-corrected chi connectivity index (χ3v) is 2.50. The zero-order valence-corrected chi connectivity index (χ0v) is 9.49. The van der Waals surface area contributed by atoms with Gasteiger partial charge in [0.25, 0.3) is 0 Å². The van der Waals surface area contributed by atoms with Gasteiger partial charge in [-0.25, -0.2) is 4.39 Å². The summed E-state index contributed by atoms with van der Waals surface area (Å²) in [5, 5.41) is 0. The Balaban J connectivity index is 2.48. The van der Waals surface area contributed by atoms with Gasteiger partial charge in [0, 0.05) is 0 Å². The Hall–Kier alpha value is -2.10. The molecule has 0 aliphatic carbocycles. The van der Waals surface area contributed by atoms with E-state index in [4.69, 9.17) is 9.15 Å². The number of aryl methyl sites for hydroxylation is 1. The van der Waals surface area contributed by atoms with Gasteiger partial charge in [0.05, 0.1) is 18.9 Å². The van der Waals surface area contributed by atoms with Crippen LogP contribution in [0.15, 0.2) is 34.9 Å². The number of ketones is 1. The molecule has 2 rings (SSSR count). The molecular formula is C13H11FO3. The molecule has 0 unspecified atom stereocenters. The first-order chi connectivity index (χ1) is 8.15. The molecule has 0 atom stereocenters. The summed E-state index contributed by atoms with van der Waals surface area (Å²) in [6.45, 7) is 1.73. The van der Waals surface area contributed by atoms with Gasteiger partial charge in [0.1, 0.15) is 0 Å². The molecule has 0 fully saturated rings. The highest BCUT2D eigenvalue weighted by atomic mass is 19.1. The molecule has 0 aliphatic rings. The second-order valence-corrected chi connectivity index (χ2v) is 3.58. The molecule has 4 heteroatoms. The molecule has 1 aromatic carbocycles. The summed E-state index contributed by atoms with van der Waals surface area (Å²) in [4.78, 5) is 12.0. The molecule has 0 N–H and O–H groups in total. The molecule has 0 spiro atoms. The number of benzene rings is 1. The lowest BCUT2D eigenvalue weighted by molar-refractivity contribution is 0.100. The van der Waals surface area contributed by atoms with Crippen LogP contribution in [0.2, 0.25) is 0 Å². The van der Waals surface area contributed by atoms with Crippen LogP contribution >= 0.6 is 0 Å². The minimum atomic E-state index is -0.671. The highest BCUT2D eigenvalue weighted by molar-refractivity contribution is 6.08. The van der Waals surface area contributed by atoms with E-state index in [0.29, 0.717) is 5.56 Å². The average Bonchev–Trinajstić information content (AvgIpc) is 2.75. The van der Waals surface area contributed by atoms with Crippen molar-refractivity contribution in [3.05, 3.63) is 53.2 Å². The van der Waals surface area contributed by atoms with E-state index >= 15 is 0 Å². The second-order valence-electron chi connectivity index (χ2n) is 3.58. The minimum Gasteiger partial charge on any atom is -0.494 e. The summed E-state index contributed by atoms with van der Waals surface area (Å²) in [6.07, 6.45) is 1.40. The summed E-state index contributed by atoms with van der Waals surface area (Å²) in [7, 11) is 1.35. The van der Waals surface area contributed by atoms with Crippen LogP contribution in [0.1, 0.15) is 21.7 Å². The molecule has 0 saturated carbocycles. The summed E-state index contributed by atoms with van der Waals surface area (Å²) >= 11 is 0. The van der Waals surface area contributed by atoms with Crippen molar-refractivity contribution in [1.29, 1.82) is 0 Å². The van der Waals surface area contributed by atoms with Crippen LogP contribution in [-0.2, 0) is 0 Å². The maximum atomic E-state index is 13.9. The van der Waals surface area contributed by atoms with Crippen LogP contribution in [0.5, 0.6) is 5.75 Å². The number of carbonyl (C=O) groups excluding carboxylic acids is 1. The number of ether oxygens (including phenoxy) is 1. The maximum Gasteiger partial charge on any atom is 0.231 e. The fourth-order valence-corrected chi connectivity index (χ4v) is 1.57. The lowest BCUT2D eigenvalue weighted by atomic mass is 10.1. The average molecular weight is 234 g/mol. The van der Waals surface area contributed by atoms with Crippen LogP contribution in [0.4, 0.5) is 4.39 Å². The zero-order chi connectivity index (χ0) is 12.4. The molecule has 0 saturated heterocycles. The Labute approximate surface area is 97.8 Å². The van der Waals surface area contributed by atoms with Crippen molar-refractivity contribution in [2.45, 2.75) is 6.92 Å². The molecule has 0 bridgehead atoms. The van der Waals surface area contributed by atoms with Gasteiger partial charge in [-0.05, 0) is 30.7 Å². The molecule has 3 nitrogen and oxygen atoms in total. The summed E-state index contributed by atoms with van der Waals surface area (Å²) in [6, 6.07) is 6.09. The van der Waals surface area contributed by atoms with Gasteiger partial charge >= 0.3 is 0 Å². The number of furan rings is 1. The largest absolute Gasteiger partial charge is 0.494 e. The molecule has 0 amide bonds. The fourth-order valence-electron chi connectivity index (χ4n) is 1.57. The van der Waals surface area contributed by atoms with Crippen molar-refractivity contribution in [3.63, 3.8) is 0 Å². The third-order valence-electron chi connectivity index (χ3n) is 2.50. The number of hydrogen-bond donors (Lipinski definition) is 0. The number of carbonyl (C=O) groups is 1. The smallest absolute Gasteiger partial charge is 0.231 e. The topological polar surface area (TPSA) is 39.4 Å². The van der Waals surface area contributed by atoms with E-state index in [9.17, 15) is 9.18 Å². The second kappa shape index (κ2) is 4.41. The van der Waals surface area contributed by atoms with Crippen molar-refractivity contribution in [2.24, 2.45) is 0 Å². The first-order valence-corrected chi connectivity index (χ1v) is 5.06. The summed E-state index contributed by atoms with van der Waals surface area (Å²) in [5.74, 6) is -0.961. The van der Waals surface area contributed by atoms with Gasteiger partial charge in [-0.1, -0.05) is 6.07 Å². The molecular weight excluding hydrogens is 223 g/mol. The van der Waals surface area contributed by atoms with Crippen LogP contribution in [0, 0.1) is 12.7 Å². The quantitative estimate of drug-likeness (QED) is 0.766. The summed E-state index contributed by atoms with van der Waals surface area (Å²) in [5.41, 5.74) is 0.625. The van der Waals surface area contributed by atoms with Crippen molar-refractivity contribution in [3.8, 4) is 5.75 Å². The highest BCUT2D eigenvalue weighted by Gasteiger charge is 2.20. The fraction of sp³-hybridized carbons (Fsp3) is 0.154. The highest BCUT2D eigenvalue weighted by Crippen LogP contribution is 2.23. The van der Waals surface area contributed by atoms with Crippen molar-refractivity contribution < 1.29 is 18.3 Å². The van der Waals surface area contributed by atoms with Gasteiger partial charge in [0.15, 0.2) is 17.3 Å². The van der Waals surface area contributed by atoms with E-state index in [1.165, 1.54) is 25.5 Å². The SMILES string of the molecule is COc1cccc(C(=O)c2occc2C)c1F. The zero-order valence-electron chi connectivity index (χ0n) is 9.49. The Morgan fingerprint density at radius 1 is 1.35 bits per heavy atom. The molecule has 88 valence electrons. The molecule has 2 aromatic rings. The van der Waals surface area contributed by atoms with Gasteiger partial charge < -0.3 is 9.15 Å². The lowest BCUT2D eigenvalue weighted by Crippen LogP contribution is -2.05. The van der Waals surface area contributed by atoms with Gasteiger partial charge in [-0.15, -0.1) is 0 Å². The predicted molar refractivity (Wildman–Crippen MR) is 59.8 cm³/mol. The number of halogens is 1. The third kappa shape index (κ3) is 1.93. The van der Waals surface area contributed by atoms with Gasteiger partial charge in [0.2, 0.25) is 5.78 Å². The van der Waals surface area contributed by atoms with E-state index in [0.717, 1.165) is 0 Å². The van der Waals surface area contributed by atoms with Gasteiger partial charge in [-0.3, -0.25) is 4.79 Å². The minimum absolute atomic E-state index is 0.0417. The number of rotatable bonds is 3. The summed E-state index contributed by atoms with van der Waals surface area (Å²) < 4.78 is 23.7. The van der Waals surface area contributed by atoms with E-state index in [-0.39, 0.29) is 17.1 Å². The monoisotopic (exact) mass is 234 g/mol.